The second kappa shape index (κ2) is 5.63. The van der Waals surface area contributed by atoms with Crippen LogP contribution in [0.15, 0.2) is 0 Å². The summed E-state index contributed by atoms with van der Waals surface area (Å²) in [5.41, 5.74) is 0. The zero-order chi connectivity index (χ0) is 9.61. The van der Waals surface area contributed by atoms with Gasteiger partial charge >= 0.3 is 9.05 Å². The molecular formula is C6H17NO4Si. The van der Waals surface area contributed by atoms with Gasteiger partial charge in [-0.2, -0.15) is 5.06 Å². The zero-order valence-corrected chi connectivity index (χ0v) is 8.78. The van der Waals surface area contributed by atoms with Gasteiger partial charge in [0.1, 0.15) is 0 Å². The molecule has 0 heterocycles. The molecule has 2 N–H and O–H groups in total. The molecule has 6 heteroatoms. The second-order valence-corrected chi connectivity index (χ2v) is 3.76. The summed E-state index contributed by atoms with van der Waals surface area (Å²) in [4.78, 5) is 18.3. The molecule has 0 saturated carbocycles. The Bertz CT molecular complexity index is 118. The lowest BCUT2D eigenvalue weighted by Gasteiger charge is -2.24. The minimum absolute atomic E-state index is 0.237. The Morgan fingerprint density at radius 1 is 1.17 bits per heavy atom. The number of nitrogens with zero attached hydrogens (tertiary/aromatic N) is 1. The Morgan fingerprint density at radius 3 is 2.00 bits per heavy atom. The average molecular weight is 195 g/mol. The van der Waals surface area contributed by atoms with Crippen LogP contribution in [0.2, 0.25) is 0 Å². The average Bonchev–Trinajstić information content (AvgIpc) is 2.00. The zero-order valence-electron chi connectivity index (χ0n) is 7.78. The lowest BCUT2D eigenvalue weighted by Crippen LogP contribution is -2.48. The van der Waals surface area contributed by atoms with Crippen molar-refractivity contribution in [3.63, 3.8) is 0 Å². The maximum Gasteiger partial charge on any atom is 0.691 e. The quantitative estimate of drug-likeness (QED) is 0.451. The molecule has 0 rings (SSSR count). The molecule has 0 unspecified atom stereocenters. The second-order valence-electron chi connectivity index (χ2n) is 2.19. The SMILES string of the molecule is CCO[Si](O)(O)ON(CC)CC. The molecule has 12 heavy (non-hydrogen) atoms. The summed E-state index contributed by atoms with van der Waals surface area (Å²) in [6, 6.07) is 0. The highest BCUT2D eigenvalue weighted by atomic mass is 28.4. The molecule has 0 aliphatic heterocycles. The Labute approximate surface area is 74.0 Å². The van der Waals surface area contributed by atoms with Crippen LogP contribution in [0.1, 0.15) is 20.8 Å². The van der Waals surface area contributed by atoms with Gasteiger partial charge in [-0.25, -0.2) is 0 Å². The van der Waals surface area contributed by atoms with Crippen LogP contribution in [0.5, 0.6) is 0 Å². The van der Waals surface area contributed by atoms with E-state index in [9.17, 15) is 0 Å². The van der Waals surface area contributed by atoms with Crippen molar-refractivity contribution in [3.05, 3.63) is 0 Å². The van der Waals surface area contributed by atoms with Gasteiger partial charge in [0, 0.05) is 19.7 Å². The molecule has 0 aliphatic rings. The molecule has 74 valence electrons. The van der Waals surface area contributed by atoms with Crippen LogP contribution >= 0.6 is 0 Å². The third-order valence-electron chi connectivity index (χ3n) is 1.29. The molecule has 0 radical (unpaired) electrons. The van der Waals surface area contributed by atoms with E-state index in [1.165, 1.54) is 5.06 Å². The van der Waals surface area contributed by atoms with Gasteiger partial charge in [-0.1, -0.05) is 13.8 Å². The maximum absolute atomic E-state index is 9.16. The highest BCUT2D eigenvalue weighted by Crippen LogP contribution is 2.01. The summed E-state index contributed by atoms with van der Waals surface area (Å²) < 4.78 is 9.49. The summed E-state index contributed by atoms with van der Waals surface area (Å²) in [5.74, 6) is 0. The van der Waals surface area contributed by atoms with Crippen LogP contribution in [0, 0.1) is 0 Å². The minimum Gasteiger partial charge on any atom is -0.367 e. The minimum atomic E-state index is -3.88. The van der Waals surface area contributed by atoms with Gasteiger partial charge < -0.3 is 14.0 Å². The van der Waals surface area contributed by atoms with Crippen molar-refractivity contribution < 1.29 is 18.5 Å². The fraction of sp³-hybridized carbons (Fsp3) is 1.00. The lowest BCUT2D eigenvalue weighted by atomic mass is 10.6. The molecule has 0 aliphatic carbocycles. The van der Waals surface area contributed by atoms with Crippen molar-refractivity contribution in [2.24, 2.45) is 0 Å². The highest BCUT2D eigenvalue weighted by molar-refractivity contribution is 6.50. The first-order valence-corrected chi connectivity index (χ1v) is 5.79. The molecule has 0 saturated heterocycles. The molecule has 0 amide bonds. The largest absolute Gasteiger partial charge is 0.691 e. The van der Waals surface area contributed by atoms with E-state index in [2.05, 4.69) is 4.43 Å². The van der Waals surface area contributed by atoms with Crippen LogP contribution in [-0.4, -0.2) is 43.4 Å². The first-order valence-electron chi connectivity index (χ1n) is 4.08. The monoisotopic (exact) mass is 195 g/mol. The number of hydrogen-bond acceptors (Lipinski definition) is 5. The molecule has 0 aromatic carbocycles. The Balaban J connectivity index is 3.84. The summed E-state index contributed by atoms with van der Waals surface area (Å²) >= 11 is 0. The van der Waals surface area contributed by atoms with Crippen LogP contribution in [0.25, 0.3) is 0 Å². The van der Waals surface area contributed by atoms with E-state index in [0.717, 1.165) is 0 Å². The van der Waals surface area contributed by atoms with E-state index in [1.54, 1.807) is 6.92 Å². The molecular weight excluding hydrogens is 178 g/mol. The van der Waals surface area contributed by atoms with Crippen LogP contribution in [-0.2, 0) is 8.95 Å². The Kier molecular flexibility index (Phi) is 5.63. The van der Waals surface area contributed by atoms with E-state index in [0.29, 0.717) is 13.1 Å². The highest BCUT2D eigenvalue weighted by Gasteiger charge is 2.38. The maximum atomic E-state index is 9.16. The fourth-order valence-corrected chi connectivity index (χ4v) is 1.76. The summed E-state index contributed by atoms with van der Waals surface area (Å²) in [7, 11) is -3.88. The van der Waals surface area contributed by atoms with Crippen molar-refractivity contribution in [1.82, 2.24) is 5.06 Å². The van der Waals surface area contributed by atoms with E-state index in [-0.39, 0.29) is 6.61 Å². The first kappa shape index (κ1) is 12.0. The molecule has 0 atom stereocenters. The van der Waals surface area contributed by atoms with E-state index in [4.69, 9.17) is 14.1 Å². The number of rotatable bonds is 6. The fourth-order valence-electron chi connectivity index (χ4n) is 0.735. The molecule has 0 bridgehead atoms. The lowest BCUT2D eigenvalue weighted by molar-refractivity contribution is -0.140. The van der Waals surface area contributed by atoms with Gasteiger partial charge in [-0.3, -0.25) is 4.53 Å². The molecule has 0 fully saturated rings. The smallest absolute Gasteiger partial charge is 0.367 e. The van der Waals surface area contributed by atoms with Gasteiger partial charge in [-0.15, -0.1) is 0 Å². The third kappa shape index (κ3) is 4.81. The van der Waals surface area contributed by atoms with Gasteiger partial charge in [0.25, 0.3) is 0 Å². The number of hydrogen-bond donors (Lipinski definition) is 2. The summed E-state index contributed by atoms with van der Waals surface area (Å²) in [6.45, 7) is 6.83. The van der Waals surface area contributed by atoms with Crippen molar-refractivity contribution in [2.75, 3.05) is 19.7 Å². The van der Waals surface area contributed by atoms with E-state index >= 15 is 0 Å². The van der Waals surface area contributed by atoms with Gasteiger partial charge in [0.15, 0.2) is 0 Å². The Morgan fingerprint density at radius 2 is 1.67 bits per heavy atom. The van der Waals surface area contributed by atoms with Gasteiger partial charge in [0.05, 0.1) is 0 Å². The molecule has 0 spiro atoms. The van der Waals surface area contributed by atoms with Crippen molar-refractivity contribution in [3.8, 4) is 0 Å². The van der Waals surface area contributed by atoms with Crippen LogP contribution in [0.3, 0.4) is 0 Å². The normalized spacial score (nSPS) is 12.5. The predicted molar refractivity (Wildman–Crippen MR) is 45.8 cm³/mol. The molecule has 5 nitrogen and oxygen atoms in total. The van der Waals surface area contributed by atoms with Crippen molar-refractivity contribution in [1.29, 1.82) is 0 Å². The van der Waals surface area contributed by atoms with Crippen molar-refractivity contribution in [2.45, 2.75) is 20.8 Å². The van der Waals surface area contributed by atoms with Crippen LogP contribution in [0.4, 0.5) is 0 Å². The number of hydroxylamine groups is 2. The first-order chi connectivity index (χ1) is 5.55. The van der Waals surface area contributed by atoms with Gasteiger partial charge in [0.2, 0.25) is 0 Å². The Hall–Kier alpha value is 0.0169. The van der Waals surface area contributed by atoms with Crippen molar-refractivity contribution >= 4 is 9.05 Å². The summed E-state index contributed by atoms with van der Waals surface area (Å²) in [5, 5.41) is 1.45. The molecule has 0 aromatic heterocycles. The van der Waals surface area contributed by atoms with Crippen LogP contribution < -0.4 is 0 Å². The van der Waals surface area contributed by atoms with E-state index < -0.39 is 9.05 Å². The van der Waals surface area contributed by atoms with Gasteiger partial charge in [-0.05, 0) is 6.92 Å². The molecule has 0 aromatic rings. The standard InChI is InChI=1S/C6H17NO4Si/c1-4-7(5-2)11-12(8,9)10-6-3/h8-9H,4-6H2,1-3H3. The predicted octanol–water partition coefficient (Wildman–Crippen LogP) is -0.284. The third-order valence-corrected chi connectivity index (χ3v) is 2.45. The topological polar surface area (TPSA) is 62.2 Å². The summed E-state index contributed by atoms with van der Waals surface area (Å²) in [6.07, 6.45) is 0. The van der Waals surface area contributed by atoms with E-state index in [1.807, 2.05) is 13.8 Å².